The number of halogens is 2. The predicted molar refractivity (Wildman–Crippen MR) is 147 cm³/mol. The summed E-state index contributed by atoms with van der Waals surface area (Å²) >= 11 is 12.4. The van der Waals surface area contributed by atoms with Gasteiger partial charge in [0.2, 0.25) is 21.8 Å². The van der Waals surface area contributed by atoms with Crippen LogP contribution in [0, 0.1) is 17.0 Å². The summed E-state index contributed by atoms with van der Waals surface area (Å²) in [6.07, 6.45) is 4.63. The Balaban J connectivity index is 1.97. The van der Waals surface area contributed by atoms with Crippen LogP contribution in [-0.2, 0) is 26.2 Å². The average molecular weight is 586 g/mol. The minimum Gasteiger partial charge on any atom is -0.352 e. The fourth-order valence-electron chi connectivity index (χ4n) is 4.38. The molecule has 0 bridgehead atoms. The van der Waals surface area contributed by atoms with E-state index in [1.165, 1.54) is 23.1 Å². The second kappa shape index (κ2) is 12.3. The average Bonchev–Trinajstić information content (AvgIpc) is 3.34. The molecular weight excluding hydrogens is 555 g/mol. The molecule has 13 heteroatoms. The summed E-state index contributed by atoms with van der Waals surface area (Å²) in [5.74, 6) is -1.05. The number of anilines is 1. The van der Waals surface area contributed by atoms with Crippen molar-refractivity contribution >= 4 is 56.4 Å². The van der Waals surface area contributed by atoms with E-state index in [2.05, 4.69) is 5.32 Å². The SMILES string of the molecule is Cc1ccc([N+](=O)[O-])cc1N(CC(=O)N(Cc1ccc(Cl)cc1Cl)[C@@H](C)C(=O)NC1CCCC1)S(C)(=O)=O. The van der Waals surface area contributed by atoms with E-state index in [0.29, 0.717) is 16.1 Å². The smallest absolute Gasteiger partial charge is 0.271 e. The van der Waals surface area contributed by atoms with E-state index in [1.54, 1.807) is 26.0 Å². The molecule has 2 amide bonds. The zero-order valence-electron chi connectivity index (χ0n) is 21.3. The normalized spacial score (nSPS) is 14.7. The van der Waals surface area contributed by atoms with Crippen molar-refractivity contribution in [2.24, 2.45) is 0 Å². The molecule has 206 valence electrons. The number of carbonyl (C=O) groups is 2. The Morgan fingerprint density at radius 1 is 1.16 bits per heavy atom. The van der Waals surface area contributed by atoms with Crippen LogP contribution in [-0.4, -0.2) is 54.9 Å². The third-order valence-electron chi connectivity index (χ3n) is 6.58. The van der Waals surface area contributed by atoms with E-state index in [1.807, 2.05) is 0 Å². The molecule has 0 aromatic heterocycles. The highest BCUT2D eigenvalue weighted by molar-refractivity contribution is 7.92. The van der Waals surface area contributed by atoms with E-state index in [9.17, 15) is 28.1 Å². The molecule has 2 aromatic rings. The van der Waals surface area contributed by atoms with Gasteiger partial charge in [-0.25, -0.2) is 8.42 Å². The van der Waals surface area contributed by atoms with Gasteiger partial charge in [0.15, 0.2) is 0 Å². The van der Waals surface area contributed by atoms with Crippen LogP contribution in [0.25, 0.3) is 0 Å². The topological polar surface area (TPSA) is 130 Å². The molecule has 0 saturated heterocycles. The summed E-state index contributed by atoms with van der Waals surface area (Å²) in [6.45, 7) is 2.40. The number of nitrogens with one attached hydrogen (secondary N) is 1. The second-order valence-electron chi connectivity index (χ2n) is 9.42. The Bertz CT molecular complexity index is 1330. The fourth-order valence-corrected chi connectivity index (χ4v) is 5.75. The summed E-state index contributed by atoms with van der Waals surface area (Å²) in [6, 6.07) is 7.59. The van der Waals surface area contributed by atoms with Crippen molar-refractivity contribution < 1.29 is 22.9 Å². The van der Waals surface area contributed by atoms with E-state index in [-0.39, 0.29) is 34.9 Å². The Labute approximate surface area is 232 Å². The Hall–Kier alpha value is -2.89. The summed E-state index contributed by atoms with van der Waals surface area (Å²) in [4.78, 5) is 38.8. The number of aryl methyl sites for hydroxylation is 1. The molecule has 10 nitrogen and oxygen atoms in total. The number of nitro benzene ring substituents is 1. The van der Waals surface area contributed by atoms with E-state index in [0.717, 1.165) is 42.3 Å². The first-order valence-electron chi connectivity index (χ1n) is 12.0. The standard InChI is InChI=1S/C25H30Cl2N4O6S/c1-16-8-11-21(31(34)35)13-23(16)30(38(3,36)37)15-24(32)29(14-18-9-10-19(26)12-22(18)27)17(2)25(33)28-20-6-4-5-7-20/h8-13,17,20H,4-7,14-15H2,1-3H3,(H,28,33)/t17-/m0/s1. The molecule has 0 radical (unpaired) electrons. The molecule has 1 aliphatic rings. The van der Waals surface area contributed by atoms with Gasteiger partial charge in [-0.15, -0.1) is 0 Å². The highest BCUT2D eigenvalue weighted by Gasteiger charge is 2.32. The Kier molecular flexibility index (Phi) is 9.61. The van der Waals surface area contributed by atoms with Gasteiger partial charge in [-0.2, -0.15) is 0 Å². The quantitative estimate of drug-likeness (QED) is 0.324. The largest absolute Gasteiger partial charge is 0.352 e. The lowest BCUT2D eigenvalue weighted by molar-refractivity contribution is -0.384. The van der Waals surface area contributed by atoms with E-state index in [4.69, 9.17) is 23.2 Å². The van der Waals surface area contributed by atoms with Crippen molar-refractivity contribution in [3.8, 4) is 0 Å². The first-order chi connectivity index (χ1) is 17.8. The van der Waals surface area contributed by atoms with Crippen molar-refractivity contribution in [2.75, 3.05) is 17.1 Å². The highest BCUT2D eigenvalue weighted by atomic mass is 35.5. The lowest BCUT2D eigenvalue weighted by Crippen LogP contribution is -2.52. The van der Waals surface area contributed by atoms with Crippen molar-refractivity contribution in [3.05, 3.63) is 67.7 Å². The predicted octanol–water partition coefficient (Wildman–Crippen LogP) is 4.45. The van der Waals surface area contributed by atoms with Gasteiger partial charge in [-0.3, -0.25) is 24.0 Å². The molecule has 0 heterocycles. The van der Waals surface area contributed by atoms with Crippen molar-refractivity contribution in [2.45, 2.75) is 58.2 Å². The summed E-state index contributed by atoms with van der Waals surface area (Å²) < 4.78 is 26.4. The van der Waals surface area contributed by atoms with Crippen LogP contribution in [0.3, 0.4) is 0 Å². The molecule has 1 N–H and O–H groups in total. The van der Waals surface area contributed by atoms with Crippen LogP contribution in [0.5, 0.6) is 0 Å². The summed E-state index contributed by atoms with van der Waals surface area (Å²) in [5, 5.41) is 15.0. The van der Waals surface area contributed by atoms with Gasteiger partial charge in [0, 0.05) is 34.8 Å². The minimum absolute atomic E-state index is 0.00239. The second-order valence-corrected chi connectivity index (χ2v) is 12.2. The maximum Gasteiger partial charge on any atom is 0.271 e. The zero-order valence-corrected chi connectivity index (χ0v) is 23.6. The molecule has 1 atom stereocenters. The first kappa shape index (κ1) is 29.7. The number of carbonyl (C=O) groups excluding carboxylic acids is 2. The Morgan fingerprint density at radius 3 is 2.39 bits per heavy atom. The number of hydrogen-bond donors (Lipinski definition) is 1. The van der Waals surface area contributed by atoms with Gasteiger partial charge in [0.1, 0.15) is 12.6 Å². The van der Waals surface area contributed by atoms with E-state index >= 15 is 0 Å². The summed E-state index contributed by atoms with van der Waals surface area (Å²) in [5.41, 5.74) is 0.624. The fraction of sp³-hybridized carbons (Fsp3) is 0.440. The maximum atomic E-state index is 13.7. The minimum atomic E-state index is -4.04. The molecule has 1 aliphatic carbocycles. The lowest BCUT2D eigenvalue weighted by atomic mass is 10.1. The monoisotopic (exact) mass is 584 g/mol. The number of hydrogen-bond acceptors (Lipinski definition) is 6. The third-order valence-corrected chi connectivity index (χ3v) is 8.29. The molecule has 3 rings (SSSR count). The maximum absolute atomic E-state index is 13.7. The number of non-ortho nitro benzene ring substituents is 1. The zero-order chi connectivity index (χ0) is 28.2. The summed E-state index contributed by atoms with van der Waals surface area (Å²) in [7, 11) is -4.04. The highest BCUT2D eigenvalue weighted by Crippen LogP contribution is 2.29. The van der Waals surface area contributed by atoms with Gasteiger partial charge in [0.05, 0.1) is 16.9 Å². The van der Waals surface area contributed by atoms with Gasteiger partial charge < -0.3 is 10.2 Å². The van der Waals surface area contributed by atoms with E-state index < -0.39 is 33.4 Å². The number of rotatable bonds is 10. The molecule has 1 saturated carbocycles. The number of benzene rings is 2. The molecular formula is C25H30Cl2N4O6S. The number of nitrogens with zero attached hydrogens (tertiary/aromatic N) is 3. The van der Waals surface area contributed by atoms with Crippen molar-refractivity contribution in [1.29, 1.82) is 0 Å². The Morgan fingerprint density at radius 2 is 1.82 bits per heavy atom. The number of amides is 2. The van der Waals surface area contributed by atoms with Gasteiger partial charge >= 0.3 is 0 Å². The van der Waals surface area contributed by atoms with Crippen molar-refractivity contribution in [1.82, 2.24) is 10.2 Å². The lowest BCUT2D eigenvalue weighted by Gasteiger charge is -2.32. The molecule has 0 aliphatic heterocycles. The first-order valence-corrected chi connectivity index (χ1v) is 14.6. The molecule has 2 aromatic carbocycles. The number of nitro groups is 1. The molecule has 0 unspecified atom stereocenters. The van der Waals surface area contributed by atoms with Crippen LogP contribution in [0.4, 0.5) is 11.4 Å². The third kappa shape index (κ3) is 7.36. The van der Waals surface area contributed by atoms with Crippen LogP contribution >= 0.6 is 23.2 Å². The molecule has 38 heavy (non-hydrogen) atoms. The van der Waals surface area contributed by atoms with Gasteiger partial charge in [-0.05, 0) is 49.9 Å². The van der Waals surface area contributed by atoms with Crippen molar-refractivity contribution in [3.63, 3.8) is 0 Å². The van der Waals surface area contributed by atoms with Crippen LogP contribution in [0.15, 0.2) is 36.4 Å². The van der Waals surface area contributed by atoms with Crippen LogP contribution < -0.4 is 9.62 Å². The molecule has 1 fully saturated rings. The number of sulfonamides is 1. The van der Waals surface area contributed by atoms with Crippen LogP contribution in [0.1, 0.15) is 43.7 Å². The van der Waals surface area contributed by atoms with Crippen LogP contribution in [0.2, 0.25) is 10.0 Å². The molecule has 0 spiro atoms. The van der Waals surface area contributed by atoms with Gasteiger partial charge in [-0.1, -0.05) is 48.2 Å². The van der Waals surface area contributed by atoms with Gasteiger partial charge in [0.25, 0.3) is 5.69 Å².